The Kier molecular flexibility index (Phi) is 5.73. The maximum absolute atomic E-state index is 12.6. The summed E-state index contributed by atoms with van der Waals surface area (Å²) in [7, 11) is 1.47. The molecule has 3 aromatic rings. The highest BCUT2D eigenvalue weighted by Gasteiger charge is 2.38. The Morgan fingerprint density at radius 2 is 1.91 bits per heavy atom. The van der Waals surface area contributed by atoms with Gasteiger partial charge in [0.15, 0.2) is 11.5 Å². The molecule has 174 valence electrons. The Hall–Kier alpha value is -3.46. The number of para-hydroxylation sites is 1. The molecule has 0 N–H and O–H groups in total. The van der Waals surface area contributed by atoms with E-state index >= 15 is 0 Å². The predicted octanol–water partition coefficient (Wildman–Crippen LogP) is 5.05. The number of benzene rings is 2. The molecular weight excluding hydrogens is 502 g/mol. The zero-order valence-corrected chi connectivity index (χ0v) is 20.5. The van der Waals surface area contributed by atoms with E-state index in [1.807, 2.05) is 30.3 Å². The molecule has 9 heteroatoms. The number of rotatable bonds is 5. The molecule has 1 saturated carbocycles. The predicted molar refractivity (Wildman–Crippen MR) is 129 cm³/mol. The van der Waals surface area contributed by atoms with Gasteiger partial charge in [0.25, 0.3) is 0 Å². The summed E-state index contributed by atoms with van der Waals surface area (Å²) < 4.78 is 17.9. The first-order valence-corrected chi connectivity index (χ1v) is 11.7. The molecule has 0 spiro atoms. The van der Waals surface area contributed by atoms with Gasteiger partial charge in [-0.15, -0.1) is 5.10 Å². The monoisotopic (exact) mass is 523 g/mol. The van der Waals surface area contributed by atoms with Gasteiger partial charge in [-0.25, -0.2) is 0 Å². The molecule has 2 heterocycles. The number of amides is 1. The molecule has 34 heavy (non-hydrogen) atoms. The van der Waals surface area contributed by atoms with Gasteiger partial charge in [-0.1, -0.05) is 34.1 Å². The van der Waals surface area contributed by atoms with E-state index < -0.39 is 12.2 Å². The maximum atomic E-state index is 12.6. The van der Waals surface area contributed by atoms with Crippen LogP contribution in [-0.4, -0.2) is 34.9 Å². The second-order valence-corrected chi connectivity index (χ2v) is 9.16. The van der Waals surface area contributed by atoms with Gasteiger partial charge in [0.2, 0.25) is 18.0 Å². The molecule has 8 nitrogen and oxygen atoms in total. The highest BCUT2D eigenvalue weighted by atomic mass is 79.9. The zero-order valence-electron chi connectivity index (χ0n) is 18.9. The first-order valence-electron chi connectivity index (χ1n) is 10.9. The van der Waals surface area contributed by atoms with Crippen LogP contribution < -0.4 is 9.47 Å². The van der Waals surface area contributed by atoms with Crippen molar-refractivity contribution in [1.82, 2.24) is 9.99 Å². The van der Waals surface area contributed by atoms with Crippen LogP contribution in [0, 0.1) is 0 Å². The first kappa shape index (κ1) is 22.3. The molecule has 5 rings (SSSR count). The number of hydrogen-bond acceptors (Lipinski definition) is 7. The van der Waals surface area contributed by atoms with Crippen molar-refractivity contribution in [3.63, 3.8) is 0 Å². The van der Waals surface area contributed by atoms with E-state index in [1.54, 1.807) is 12.1 Å². The summed E-state index contributed by atoms with van der Waals surface area (Å²) in [4.78, 5) is 29.3. The van der Waals surface area contributed by atoms with Crippen molar-refractivity contribution < 1.29 is 23.8 Å². The highest BCUT2D eigenvalue weighted by molar-refractivity contribution is 9.10. The Morgan fingerprint density at radius 1 is 1.15 bits per heavy atom. The quantitative estimate of drug-likeness (QED) is 0.343. The van der Waals surface area contributed by atoms with Crippen LogP contribution in [-0.2, 0) is 14.3 Å². The molecule has 2 aromatic carbocycles. The summed E-state index contributed by atoms with van der Waals surface area (Å²) >= 11 is 3.46. The SMILES string of the molecule is COc1cc(Br)cc(C2OC(c3cc(C4CC4)nc4ccccc34)=NN2C(C)=O)c1OC(C)=O. The lowest BCUT2D eigenvalue weighted by atomic mass is 10.1. The third-order valence-electron chi connectivity index (χ3n) is 5.71. The number of fused-ring (bicyclic) bond motifs is 1. The summed E-state index contributed by atoms with van der Waals surface area (Å²) in [5.74, 6) is 0.371. The molecule has 1 aromatic heterocycles. The zero-order chi connectivity index (χ0) is 24.0. The van der Waals surface area contributed by atoms with Gasteiger partial charge in [-0.05, 0) is 37.1 Å². The molecule has 0 saturated heterocycles. The molecule has 2 aliphatic rings. The summed E-state index contributed by atoms with van der Waals surface area (Å²) in [5, 5.41) is 6.67. The van der Waals surface area contributed by atoms with Gasteiger partial charge in [0.1, 0.15) is 0 Å². The largest absolute Gasteiger partial charge is 0.493 e. The minimum absolute atomic E-state index is 0.171. The van der Waals surface area contributed by atoms with Crippen LogP contribution in [0.25, 0.3) is 10.9 Å². The van der Waals surface area contributed by atoms with E-state index in [2.05, 4.69) is 21.0 Å². The number of nitrogens with zero attached hydrogens (tertiary/aromatic N) is 3. The number of pyridine rings is 1. The van der Waals surface area contributed by atoms with E-state index in [9.17, 15) is 9.59 Å². The normalized spacial score (nSPS) is 17.4. The van der Waals surface area contributed by atoms with Gasteiger partial charge in [0.05, 0.1) is 18.2 Å². The van der Waals surface area contributed by atoms with E-state index in [4.69, 9.17) is 19.2 Å². The van der Waals surface area contributed by atoms with Crippen LogP contribution in [0.4, 0.5) is 0 Å². The number of carbonyl (C=O) groups excluding carboxylic acids is 2. The van der Waals surface area contributed by atoms with E-state index in [0.717, 1.165) is 35.0 Å². The summed E-state index contributed by atoms with van der Waals surface area (Å²) in [5.41, 5.74) is 3.02. The number of methoxy groups -OCH3 is 1. The minimum Gasteiger partial charge on any atom is -0.493 e. The van der Waals surface area contributed by atoms with Crippen LogP contribution in [0.1, 0.15) is 55.7 Å². The second kappa shape index (κ2) is 8.72. The number of hydrazone groups is 1. The molecule has 1 fully saturated rings. The lowest BCUT2D eigenvalue weighted by molar-refractivity contribution is -0.135. The van der Waals surface area contributed by atoms with Crippen molar-refractivity contribution in [3.8, 4) is 11.5 Å². The lowest BCUT2D eigenvalue weighted by Gasteiger charge is -2.23. The third-order valence-corrected chi connectivity index (χ3v) is 6.17. The van der Waals surface area contributed by atoms with Crippen molar-refractivity contribution in [3.05, 3.63) is 63.8 Å². The average molecular weight is 524 g/mol. The fourth-order valence-corrected chi connectivity index (χ4v) is 4.47. The molecule has 1 amide bonds. The average Bonchev–Trinajstić information content (AvgIpc) is 3.57. The van der Waals surface area contributed by atoms with Crippen LogP contribution in [0.3, 0.4) is 0 Å². The summed E-state index contributed by atoms with van der Waals surface area (Å²) in [6, 6.07) is 13.2. The van der Waals surface area contributed by atoms with Crippen LogP contribution >= 0.6 is 15.9 Å². The van der Waals surface area contributed by atoms with Crippen LogP contribution in [0.5, 0.6) is 11.5 Å². The molecular formula is C25H22BrN3O5. The standard InChI is InChI=1S/C25H22BrN3O5/c1-13(30)29-25(19-10-16(26)11-22(32-3)23(19)33-14(2)31)34-24(28-29)18-12-21(15-8-9-15)27-20-7-5-4-6-17(18)20/h4-7,10-12,15,25H,8-9H2,1-3H3. The number of aromatic nitrogens is 1. The smallest absolute Gasteiger partial charge is 0.308 e. The Labute approximate surface area is 204 Å². The summed E-state index contributed by atoms with van der Waals surface area (Å²) in [6.07, 6.45) is 1.25. The first-order chi connectivity index (χ1) is 16.4. The fraction of sp³-hybridized carbons (Fsp3) is 0.280. The number of hydrogen-bond donors (Lipinski definition) is 0. The van der Waals surface area contributed by atoms with Crippen molar-refractivity contribution in [2.45, 2.75) is 38.8 Å². The van der Waals surface area contributed by atoms with Crippen LogP contribution in [0.15, 0.2) is 52.0 Å². The van der Waals surface area contributed by atoms with Crippen molar-refractivity contribution in [1.29, 1.82) is 0 Å². The molecule has 1 aliphatic heterocycles. The molecule has 1 atom stereocenters. The number of carbonyl (C=O) groups is 2. The Morgan fingerprint density at radius 3 is 2.59 bits per heavy atom. The van der Waals surface area contributed by atoms with Crippen LogP contribution in [0.2, 0.25) is 0 Å². The van der Waals surface area contributed by atoms with Crippen molar-refractivity contribution in [2.24, 2.45) is 5.10 Å². The minimum atomic E-state index is -0.954. The Bertz CT molecular complexity index is 1350. The van der Waals surface area contributed by atoms with Gasteiger partial charge in [-0.3, -0.25) is 14.6 Å². The fourth-order valence-electron chi connectivity index (χ4n) is 4.02. The molecule has 1 aliphatic carbocycles. The Balaban J connectivity index is 1.63. The topological polar surface area (TPSA) is 90.3 Å². The van der Waals surface area contributed by atoms with Gasteiger partial charge in [-0.2, -0.15) is 5.01 Å². The van der Waals surface area contributed by atoms with Gasteiger partial charge < -0.3 is 14.2 Å². The third kappa shape index (κ3) is 4.11. The maximum Gasteiger partial charge on any atom is 0.308 e. The molecule has 1 unspecified atom stereocenters. The van der Waals surface area contributed by atoms with Crippen molar-refractivity contribution in [2.75, 3.05) is 7.11 Å². The highest BCUT2D eigenvalue weighted by Crippen LogP contribution is 2.44. The van der Waals surface area contributed by atoms with E-state index in [1.165, 1.54) is 26.0 Å². The second-order valence-electron chi connectivity index (χ2n) is 8.25. The summed E-state index contributed by atoms with van der Waals surface area (Å²) in [6.45, 7) is 2.71. The van der Waals surface area contributed by atoms with Gasteiger partial charge >= 0.3 is 5.97 Å². The van der Waals surface area contributed by atoms with E-state index in [0.29, 0.717) is 27.6 Å². The number of esters is 1. The van der Waals surface area contributed by atoms with E-state index in [-0.39, 0.29) is 11.7 Å². The number of ether oxygens (including phenoxy) is 3. The molecule has 0 radical (unpaired) electrons. The molecule has 0 bridgehead atoms. The lowest BCUT2D eigenvalue weighted by Crippen LogP contribution is -2.26. The number of halogens is 1. The van der Waals surface area contributed by atoms with Crippen molar-refractivity contribution >= 4 is 44.6 Å². The van der Waals surface area contributed by atoms with Gasteiger partial charge in [0, 0.05) is 40.9 Å².